The second kappa shape index (κ2) is 3.73. The summed E-state index contributed by atoms with van der Waals surface area (Å²) in [5.74, 6) is 0.00907. The summed E-state index contributed by atoms with van der Waals surface area (Å²) in [7, 11) is 0. The van der Waals surface area contributed by atoms with Gasteiger partial charge >= 0.3 is 0 Å². The molecule has 4 nitrogen and oxygen atoms in total. The third-order valence-electron chi connectivity index (χ3n) is 2.41. The molecule has 4 heteroatoms. The summed E-state index contributed by atoms with van der Waals surface area (Å²) in [6, 6.07) is 6.46. The Morgan fingerprint density at radius 3 is 2.60 bits per heavy atom. The monoisotopic (exact) mass is 203 g/mol. The van der Waals surface area contributed by atoms with Gasteiger partial charge in [-0.15, -0.1) is 0 Å². The standard InChI is InChI=1S/C11H11N2O2/c1-7-6-10(15)12-13-11(7)8-2-4-9(14)5-3-8/h2-5,7H,6H2,1H3,(H,12,15). The molecular weight excluding hydrogens is 192 g/mol. The van der Waals surface area contributed by atoms with E-state index in [0.29, 0.717) is 6.42 Å². The highest BCUT2D eigenvalue weighted by atomic mass is 16.3. The molecule has 2 rings (SSSR count). The van der Waals surface area contributed by atoms with Crippen LogP contribution in [0.2, 0.25) is 0 Å². The largest absolute Gasteiger partial charge is 0.290 e. The van der Waals surface area contributed by atoms with Crippen molar-refractivity contribution in [1.29, 1.82) is 0 Å². The SMILES string of the molecule is CC1CC(=O)NN=C1c1ccc([O])cc1. The Morgan fingerprint density at radius 1 is 1.33 bits per heavy atom. The minimum Gasteiger partial charge on any atom is -0.290 e. The lowest BCUT2D eigenvalue weighted by Gasteiger charge is -2.18. The predicted octanol–water partition coefficient (Wildman–Crippen LogP) is 1.69. The lowest BCUT2D eigenvalue weighted by atomic mass is 9.94. The van der Waals surface area contributed by atoms with E-state index in [1.807, 2.05) is 6.92 Å². The normalized spacial score (nSPS) is 20.7. The van der Waals surface area contributed by atoms with Crippen molar-refractivity contribution in [1.82, 2.24) is 5.43 Å². The average molecular weight is 203 g/mol. The molecule has 0 fully saturated rings. The van der Waals surface area contributed by atoms with E-state index in [1.165, 1.54) is 12.1 Å². The maximum Gasteiger partial charge on any atom is 0.240 e. The fourth-order valence-corrected chi connectivity index (χ4v) is 1.63. The van der Waals surface area contributed by atoms with Crippen molar-refractivity contribution in [2.45, 2.75) is 13.3 Å². The van der Waals surface area contributed by atoms with Crippen LogP contribution in [-0.4, -0.2) is 11.6 Å². The molecule has 1 aromatic carbocycles. The fraction of sp³-hybridized carbons (Fsp3) is 0.273. The molecule has 0 spiro atoms. The molecule has 1 N–H and O–H groups in total. The van der Waals surface area contributed by atoms with E-state index >= 15 is 0 Å². The van der Waals surface area contributed by atoms with E-state index < -0.39 is 0 Å². The number of nitrogens with one attached hydrogen (secondary N) is 1. The van der Waals surface area contributed by atoms with Crippen molar-refractivity contribution in [2.24, 2.45) is 11.0 Å². The Labute approximate surface area is 87.6 Å². The highest BCUT2D eigenvalue weighted by Crippen LogP contribution is 2.18. The molecule has 1 aliphatic heterocycles. The average Bonchev–Trinajstić information content (AvgIpc) is 2.20. The molecule has 15 heavy (non-hydrogen) atoms. The van der Waals surface area contributed by atoms with E-state index in [2.05, 4.69) is 10.5 Å². The fourth-order valence-electron chi connectivity index (χ4n) is 1.63. The molecule has 77 valence electrons. The van der Waals surface area contributed by atoms with Gasteiger partial charge < -0.3 is 0 Å². The smallest absolute Gasteiger partial charge is 0.240 e. The van der Waals surface area contributed by atoms with Crippen molar-refractivity contribution in [3.63, 3.8) is 0 Å². The Kier molecular flexibility index (Phi) is 2.41. The van der Waals surface area contributed by atoms with Crippen LogP contribution in [0.15, 0.2) is 29.4 Å². The van der Waals surface area contributed by atoms with Gasteiger partial charge in [-0.1, -0.05) is 6.92 Å². The first kappa shape index (κ1) is 9.71. The lowest BCUT2D eigenvalue weighted by molar-refractivity contribution is -0.121. The van der Waals surface area contributed by atoms with Crippen LogP contribution in [0.4, 0.5) is 0 Å². The second-order valence-electron chi connectivity index (χ2n) is 3.66. The van der Waals surface area contributed by atoms with Crippen LogP contribution in [0.5, 0.6) is 5.75 Å². The Balaban J connectivity index is 2.31. The first-order chi connectivity index (χ1) is 7.16. The quantitative estimate of drug-likeness (QED) is 0.741. The number of nitrogens with zero attached hydrogens (tertiary/aromatic N) is 1. The third kappa shape index (κ3) is 1.98. The Morgan fingerprint density at radius 2 is 2.00 bits per heavy atom. The maximum atomic E-state index is 11.0. The molecule has 0 aromatic heterocycles. The summed E-state index contributed by atoms with van der Waals surface area (Å²) < 4.78 is 0. The van der Waals surface area contributed by atoms with E-state index in [-0.39, 0.29) is 17.6 Å². The number of carbonyl (C=O) groups is 1. The summed E-state index contributed by atoms with van der Waals surface area (Å²) in [5, 5.41) is 14.9. The Bertz CT molecular complexity index is 409. The molecule has 1 aromatic rings. The van der Waals surface area contributed by atoms with Crippen LogP contribution in [0, 0.1) is 5.92 Å². The molecule has 0 aliphatic carbocycles. The number of hydrazone groups is 1. The van der Waals surface area contributed by atoms with E-state index in [4.69, 9.17) is 0 Å². The minimum absolute atomic E-state index is 0.0214. The van der Waals surface area contributed by atoms with Gasteiger partial charge in [0, 0.05) is 12.3 Å². The summed E-state index contributed by atoms with van der Waals surface area (Å²) in [4.78, 5) is 11.0. The molecule has 0 saturated heterocycles. The van der Waals surface area contributed by atoms with Crippen LogP contribution >= 0.6 is 0 Å². The van der Waals surface area contributed by atoms with Gasteiger partial charge in [0.2, 0.25) is 5.91 Å². The van der Waals surface area contributed by atoms with Gasteiger partial charge in [0.25, 0.3) is 0 Å². The van der Waals surface area contributed by atoms with Crippen molar-refractivity contribution < 1.29 is 9.90 Å². The van der Waals surface area contributed by atoms with Crippen molar-refractivity contribution >= 4 is 11.6 Å². The highest BCUT2D eigenvalue weighted by Gasteiger charge is 2.21. The number of carbonyl (C=O) groups excluding carboxylic acids is 1. The zero-order valence-corrected chi connectivity index (χ0v) is 8.36. The number of amides is 1. The van der Waals surface area contributed by atoms with Crippen LogP contribution < -0.4 is 5.43 Å². The molecule has 0 saturated carbocycles. The van der Waals surface area contributed by atoms with Gasteiger partial charge in [0.05, 0.1) is 5.71 Å². The number of hydrogen-bond acceptors (Lipinski definition) is 2. The van der Waals surface area contributed by atoms with Crippen LogP contribution in [-0.2, 0) is 9.90 Å². The second-order valence-corrected chi connectivity index (χ2v) is 3.66. The maximum absolute atomic E-state index is 11.0. The van der Waals surface area contributed by atoms with Crippen molar-refractivity contribution in [3.8, 4) is 5.75 Å². The van der Waals surface area contributed by atoms with Crippen LogP contribution in [0.3, 0.4) is 0 Å². The molecular formula is C11H11N2O2. The Hall–Kier alpha value is -1.84. The van der Waals surface area contributed by atoms with Crippen LogP contribution in [0.25, 0.3) is 0 Å². The molecule has 0 bridgehead atoms. The summed E-state index contributed by atoms with van der Waals surface area (Å²) in [5.41, 5.74) is 4.17. The van der Waals surface area contributed by atoms with E-state index in [0.717, 1.165) is 11.3 Å². The topological polar surface area (TPSA) is 61.4 Å². The first-order valence-electron chi connectivity index (χ1n) is 4.80. The lowest BCUT2D eigenvalue weighted by Crippen LogP contribution is -2.31. The minimum atomic E-state index is -0.0632. The van der Waals surface area contributed by atoms with Gasteiger partial charge in [0.1, 0.15) is 0 Å². The molecule has 1 atom stereocenters. The highest BCUT2D eigenvalue weighted by molar-refractivity contribution is 6.05. The summed E-state index contributed by atoms with van der Waals surface area (Å²) >= 11 is 0. The van der Waals surface area contributed by atoms with Crippen LogP contribution in [0.1, 0.15) is 18.9 Å². The first-order valence-corrected chi connectivity index (χ1v) is 4.80. The van der Waals surface area contributed by atoms with Gasteiger partial charge in [-0.3, -0.25) is 9.90 Å². The number of hydrogen-bond donors (Lipinski definition) is 1. The zero-order chi connectivity index (χ0) is 10.8. The summed E-state index contributed by atoms with van der Waals surface area (Å²) in [6.45, 7) is 1.95. The summed E-state index contributed by atoms with van der Waals surface area (Å²) in [6.07, 6.45) is 0.442. The van der Waals surface area contributed by atoms with Gasteiger partial charge in [-0.25, -0.2) is 5.43 Å². The molecule has 1 heterocycles. The van der Waals surface area contributed by atoms with Gasteiger partial charge in [0.15, 0.2) is 5.75 Å². The number of benzene rings is 1. The van der Waals surface area contributed by atoms with E-state index in [1.54, 1.807) is 12.1 Å². The molecule has 1 radical (unpaired) electrons. The van der Waals surface area contributed by atoms with Gasteiger partial charge in [-0.2, -0.15) is 5.10 Å². The molecule has 1 unspecified atom stereocenters. The zero-order valence-electron chi connectivity index (χ0n) is 8.36. The number of rotatable bonds is 1. The van der Waals surface area contributed by atoms with Crippen molar-refractivity contribution in [3.05, 3.63) is 29.8 Å². The molecule has 1 aliphatic rings. The molecule has 1 amide bonds. The third-order valence-corrected chi connectivity index (χ3v) is 2.41. The predicted molar refractivity (Wildman–Crippen MR) is 55.0 cm³/mol. The van der Waals surface area contributed by atoms with E-state index in [9.17, 15) is 9.90 Å². The van der Waals surface area contributed by atoms with Gasteiger partial charge in [-0.05, 0) is 29.8 Å². The van der Waals surface area contributed by atoms with Crippen molar-refractivity contribution in [2.75, 3.05) is 0 Å².